The van der Waals surface area contributed by atoms with Crippen LogP contribution in [-0.2, 0) is 9.59 Å². The minimum absolute atomic E-state index is 0.0411. The monoisotopic (exact) mass is 199 g/mol. The lowest BCUT2D eigenvalue weighted by atomic mass is 9.85. The van der Waals surface area contributed by atoms with Crippen LogP contribution in [-0.4, -0.2) is 23.5 Å². The molecule has 2 N–H and O–H groups in total. The lowest BCUT2D eigenvalue weighted by Gasteiger charge is -2.18. The summed E-state index contributed by atoms with van der Waals surface area (Å²) in [6, 6.07) is 0. The summed E-state index contributed by atoms with van der Waals surface area (Å²) >= 11 is 0. The first kappa shape index (κ1) is 11.0. The van der Waals surface area contributed by atoms with Crippen LogP contribution in [0.1, 0.15) is 32.6 Å². The lowest BCUT2D eigenvalue weighted by Crippen LogP contribution is -2.25. The molecule has 1 aliphatic rings. The summed E-state index contributed by atoms with van der Waals surface area (Å²) in [6.07, 6.45) is 2.52. The van der Waals surface area contributed by atoms with Crippen LogP contribution in [0.2, 0.25) is 0 Å². The van der Waals surface area contributed by atoms with Gasteiger partial charge < -0.3 is 10.4 Å². The van der Waals surface area contributed by atoms with Gasteiger partial charge in [0.1, 0.15) is 0 Å². The van der Waals surface area contributed by atoms with Gasteiger partial charge in [-0.2, -0.15) is 0 Å². The van der Waals surface area contributed by atoms with Gasteiger partial charge in [0, 0.05) is 18.9 Å². The highest BCUT2D eigenvalue weighted by Gasteiger charge is 2.30. The Kier molecular flexibility index (Phi) is 3.92. The van der Waals surface area contributed by atoms with Crippen molar-refractivity contribution in [2.24, 2.45) is 11.8 Å². The molecule has 80 valence electrons. The molecule has 0 aromatic rings. The third kappa shape index (κ3) is 2.72. The van der Waals surface area contributed by atoms with E-state index in [1.807, 2.05) is 6.92 Å². The van der Waals surface area contributed by atoms with Gasteiger partial charge in [-0.1, -0.05) is 13.3 Å². The minimum Gasteiger partial charge on any atom is -0.481 e. The number of carboxylic acids is 1. The van der Waals surface area contributed by atoms with Crippen molar-refractivity contribution in [2.45, 2.75) is 32.6 Å². The van der Waals surface area contributed by atoms with Crippen LogP contribution in [0.25, 0.3) is 0 Å². The maximum Gasteiger partial charge on any atom is 0.303 e. The minimum atomic E-state index is -0.776. The van der Waals surface area contributed by atoms with Gasteiger partial charge in [0.25, 0.3) is 0 Å². The van der Waals surface area contributed by atoms with Gasteiger partial charge in [0.15, 0.2) is 0 Å². The average molecular weight is 199 g/mol. The van der Waals surface area contributed by atoms with Crippen molar-refractivity contribution >= 4 is 11.9 Å². The maximum absolute atomic E-state index is 11.4. The van der Waals surface area contributed by atoms with Gasteiger partial charge in [-0.3, -0.25) is 9.59 Å². The summed E-state index contributed by atoms with van der Waals surface area (Å²) in [4.78, 5) is 21.8. The third-order valence-electron chi connectivity index (χ3n) is 2.91. The zero-order valence-corrected chi connectivity index (χ0v) is 8.45. The molecule has 1 aliphatic heterocycles. The van der Waals surface area contributed by atoms with Crippen LogP contribution in [0.5, 0.6) is 0 Å². The van der Waals surface area contributed by atoms with Crippen molar-refractivity contribution in [3.8, 4) is 0 Å². The molecular weight excluding hydrogens is 182 g/mol. The SMILES string of the molecule is CCC(CCC(=O)O)C1CCNC1=O. The van der Waals surface area contributed by atoms with E-state index in [1.54, 1.807) is 0 Å². The number of carboxylic acid groups (broad SMARTS) is 1. The van der Waals surface area contributed by atoms with Gasteiger partial charge in [-0.05, 0) is 18.8 Å². The fraction of sp³-hybridized carbons (Fsp3) is 0.800. The molecule has 1 amide bonds. The number of hydrogen-bond acceptors (Lipinski definition) is 2. The van der Waals surface area contributed by atoms with Gasteiger partial charge >= 0.3 is 5.97 Å². The molecule has 4 heteroatoms. The number of carbonyl (C=O) groups is 2. The van der Waals surface area contributed by atoms with Crippen molar-refractivity contribution in [1.29, 1.82) is 0 Å². The molecule has 0 spiro atoms. The van der Waals surface area contributed by atoms with Crippen molar-refractivity contribution in [3.05, 3.63) is 0 Å². The largest absolute Gasteiger partial charge is 0.481 e. The summed E-state index contributed by atoms with van der Waals surface area (Å²) in [5.41, 5.74) is 0. The molecule has 1 heterocycles. The predicted octanol–water partition coefficient (Wildman–Crippen LogP) is 1.01. The summed E-state index contributed by atoms with van der Waals surface area (Å²) < 4.78 is 0. The molecule has 0 aliphatic carbocycles. The van der Waals surface area contributed by atoms with Gasteiger partial charge in [-0.25, -0.2) is 0 Å². The van der Waals surface area contributed by atoms with E-state index in [0.717, 1.165) is 19.4 Å². The summed E-state index contributed by atoms with van der Waals surface area (Å²) in [6.45, 7) is 2.76. The van der Waals surface area contributed by atoms with Gasteiger partial charge in [0.05, 0.1) is 0 Å². The second kappa shape index (κ2) is 4.98. The lowest BCUT2D eigenvalue weighted by molar-refractivity contribution is -0.137. The first-order chi connectivity index (χ1) is 6.65. The Morgan fingerprint density at radius 3 is 2.86 bits per heavy atom. The molecule has 2 atom stereocenters. The van der Waals surface area contributed by atoms with E-state index in [4.69, 9.17) is 5.11 Å². The van der Waals surface area contributed by atoms with Crippen molar-refractivity contribution in [2.75, 3.05) is 6.54 Å². The molecule has 4 nitrogen and oxygen atoms in total. The first-order valence-corrected chi connectivity index (χ1v) is 5.14. The molecule has 2 unspecified atom stereocenters. The zero-order chi connectivity index (χ0) is 10.6. The standard InChI is InChI=1S/C10H17NO3/c1-2-7(3-4-9(12)13)8-5-6-11-10(8)14/h7-8H,2-6H2,1H3,(H,11,14)(H,12,13). The summed E-state index contributed by atoms with van der Waals surface area (Å²) in [5, 5.41) is 11.4. The average Bonchev–Trinajstić information content (AvgIpc) is 2.53. The Morgan fingerprint density at radius 2 is 2.43 bits per heavy atom. The van der Waals surface area contributed by atoms with Gasteiger partial charge in [-0.15, -0.1) is 0 Å². The molecule has 1 saturated heterocycles. The molecule has 0 aromatic carbocycles. The Bertz CT molecular complexity index is 227. The van der Waals surface area contributed by atoms with Crippen LogP contribution in [0.4, 0.5) is 0 Å². The number of rotatable bonds is 5. The fourth-order valence-corrected chi connectivity index (χ4v) is 2.06. The second-order valence-corrected chi connectivity index (χ2v) is 3.79. The topological polar surface area (TPSA) is 66.4 Å². The van der Waals surface area contributed by atoms with Crippen LogP contribution in [0.15, 0.2) is 0 Å². The molecule has 0 aromatic heterocycles. The van der Waals surface area contributed by atoms with E-state index in [0.29, 0.717) is 6.42 Å². The van der Waals surface area contributed by atoms with E-state index >= 15 is 0 Å². The number of nitrogens with one attached hydrogen (secondary N) is 1. The predicted molar refractivity (Wildman–Crippen MR) is 51.8 cm³/mol. The Hall–Kier alpha value is -1.06. The number of aliphatic carboxylic acids is 1. The van der Waals surface area contributed by atoms with Crippen molar-refractivity contribution < 1.29 is 14.7 Å². The highest BCUT2D eigenvalue weighted by atomic mass is 16.4. The van der Waals surface area contributed by atoms with E-state index in [1.165, 1.54) is 0 Å². The molecular formula is C10H17NO3. The third-order valence-corrected chi connectivity index (χ3v) is 2.91. The highest BCUT2D eigenvalue weighted by Crippen LogP contribution is 2.26. The highest BCUT2D eigenvalue weighted by molar-refractivity contribution is 5.80. The number of amides is 1. The van der Waals surface area contributed by atoms with E-state index in [-0.39, 0.29) is 24.2 Å². The zero-order valence-electron chi connectivity index (χ0n) is 8.45. The Morgan fingerprint density at radius 1 is 1.71 bits per heavy atom. The molecule has 0 bridgehead atoms. The molecule has 0 saturated carbocycles. The number of carbonyl (C=O) groups excluding carboxylic acids is 1. The van der Waals surface area contributed by atoms with Crippen LogP contribution in [0.3, 0.4) is 0 Å². The van der Waals surface area contributed by atoms with E-state index < -0.39 is 5.97 Å². The van der Waals surface area contributed by atoms with Crippen LogP contribution < -0.4 is 5.32 Å². The fourth-order valence-electron chi connectivity index (χ4n) is 2.06. The van der Waals surface area contributed by atoms with Crippen molar-refractivity contribution in [1.82, 2.24) is 5.32 Å². The quantitative estimate of drug-likeness (QED) is 0.694. The second-order valence-electron chi connectivity index (χ2n) is 3.79. The normalized spacial score (nSPS) is 23.2. The Labute approximate surface area is 83.7 Å². The first-order valence-electron chi connectivity index (χ1n) is 5.14. The molecule has 0 radical (unpaired) electrons. The van der Waals surface area contributed by atoms with Crippen molar-refractivity contribution in [3.63, 3.8) is 0 Å². The van der Waals surface area contributed by atoms with E-state index in [9.17, 15) is 9.59 Å². The smallest absolute Gasteiger partial charge is 0.303 e. The van der Waals surface area contributed by atoms with Gasteiger partial charge in [0.2, 0.25) is 5.91 Å². The Balaban J connectivity index is 2.44. The molecule has 14 heavy (non-hydrogen) atoms. The summed E-state index contributed by atoms with van der Waals surface area (Å²) in [5.74, 6) is -0.406. The molecule has 1 rings (SSSR count). The molecule has 1 fully saturated rings. The maximum atomic E-state index is 11.4. The van der Waals surface area contributed by atoms with E-state index in [2.05, 4.69) is 5.32 Å². The summed E-state index contributed by atoms with van der Waals surface area (Å²) in [7, 11) is 0. The van der Waals surface area contributed by atoms with Crippen LogP contribution >= 0.6 is 0 Å². The number of hydrogen-bond donors (Lipinski definition) is 2. The van der Waals surface area contributed by atoms with Crippen LogP contribution in [0, 0.1) is 11.8 Å².